The molecule has 1 aliphatic rings. The molecular formula is C13H27N. The Hall–Kier alpha value is -0.0400. The van der Waals surface area contributed by atoms with Gasteiger partial charge in [0.2, 0.25) is 0 Å². The van der Waals surface area contributed by atoms with E-state index in [1.165, 1.54) is 38.5 Å². The van der Waals surface area contributed by atoms with Gasteiger partial charge in [-0.25, -0.2) is 0 Å². The third kappa shape index (κ3) is 3.61. The SMILES string of the molecule is CC(C)CCC1(NC(C)C)CCCC1. The van der Waals surface area contributed by atoms with Crippen molar-refractivity contribution in [2.45, 2.75) is 77.8 Å². The molecule has 1 nitrogen and oxygen atoms in total. The normalized spacial score (nSPS) is 21.0. The van der Waals surface area contributed by atoms with Crippen molar-refractivity contribution >= 4 is 0 Å². The summed E-state index contributed by atoms with van der Waals surface area (Å²) in [6.07, 6.45) is 8.41. The van der Waals surface area contributed by atoms with Crippen LogP contribution in [0.2, 0.25) is 0 Å². The number of hydrogen-bond acceptors (Lipinski definition) is 1. The van der Waals surface area contributed by atoms with E-state index in [0.717, 1.165) is 5.92 Å². The summed E-state index contributed by atoms with van der Waals surface area (Å²) in [5.74, 6) is 0.849. The minimum absolute atomic E-state index is 0.498. The van der Waals surface area contributed by atoms with Gasteiger partial charge in [0.25, 0.3) is 0 Å². The fourth-order valence-corrected chi connectivity index (χ4v) is 2.70. The molecule has 14 heavy (non-hydrogen) atoms. The van der Waals surface area contributed by atoms with Crippen molar-refractivity contribution in [1.82, 2.24) is 5.32 Å². The monoisotopic (exact) mass is 197 g/mol. The summed E-state index contributed by atoms with van der Waals surface area (Å²) in [6.45, 7) is 9.21. The molecule has 1 aliphatic carbocycles. The molecule has 84 valence electrons. The maximum atomic E-state index is 3.81. The molecule has 0 bridgehead atoms. The van der Waals surface area contributed by atoms with Crippen LogP contribution in [0, 0.1) is 5.92 Å². The molecule has 1 rings (SSSR count). The predicted octanol–water partition coefficient (Wildman–Crippen LogP) is 3.73. The Kier molecular flexibility index (Phi) is 4.43. The molecule has 0 aromatic heterocycles. The Balaban J connectivity index is 2.44. The van der Waals surface area contributed by atoms with E-state index < -0.39 is 0 Å². The Morgan fingerprint density at radius 1 is 1.07 bits per heavy atom. The quantitative estimate of drug-likeness (QED) is 0.708. The third-order valence-electron chi connectivity index (χ3n) is 3.36. The summed E-state index contributed by atoms with van der Waals surface area (Å²) in [7, 11) is 0. The van der Waals surface area contributed by atoms with Gasteiger partial charge in [0.1, 0.15) is 0 Å². The molecule has 0 saturated heterocycles. The minimum Gasteiger partial charge on any atom is -0.309 e. The van der Waals surface area contributed by atoms with E-state index in [9.17, 15) is 0 Å². The van der Waals surface area contributed by atoms with Crippen LogP contribution in [0.3, 0.4) is 0 Å². The van der Waals surface area contributed by atoms with E-state index in [4.69, 9.17) is 0 Å². The highest BCUT2D eigenvalue weighted by Crippen LogP contribution is 2.34. The second-order valence-electron chi connectivity index (χ2n) is 5.72. The van der Waals surface area contributed by atoms with Gasteiger partial charge in [-0.2, -0.15) is 0 Å². The standard InChI is InChI=1S/C13H27N/c1-11(2)7-10-13(14-12(3)4)8-5-6-9-13/h11-12,14H,5-10H2,1-4H3. The van der Waals surface area contributed by atoms with Crippen LogP contribution in [0.1, 0.15) is 66.2 Å². The Labute approximate surface area is 89.7 Å². The van der Waals surface area contributed by atoms with E-state index >= 15 is 0 Å². The molecule has 0 aliphatic heterocycles. The Morgan fingerprint density at radius 3 is 2.07 bits per heavy atom. The zero-order chi connectivity index (χ0) is 10.6. The molecule has 1 heteroatoms. The van der Waals surface area contributed by atoms with Crippen LogP contribution in [0.4, 0.5) is 0 Å². The molecule has 0 aromatic carbocycles. The summed E-state index contributed by atoms with van der Waals surface area (Å²) in [5, 5.41) is 3.81. The molecule has 0 heterocycles. The largest absolute Gasteiger partial charge is 0.309 e. The highest BCUT2D eigenvalue weighted by molar-refractivity contribution is 4.93. The van der Waals surface area contributed by atoms with Gasteiger partial charge in [0, 0.05) is 11.6 Å². The number of nitrogens with one attached hydrogen (secondary N) is 1. The third-order valence-corrected chi connectivity index (χ3v) is 3.36. The van der Waals surface area contributed by atoms with Gasteiger partial charge in [-0.15, -0.1) is 0 Å². The van der Waals surface area contributed by atoms with Crippen molar-refractivity contribution in [3.8, 4) is 0 Å². The molecule has 0 radical (unpaired) electrons. The van der Waals surface area contributed by atoms with Crippen LogP contribution >= 0.6 is 0 Å². The molecule has 1 N–H and O–H groups in total. The van der Waals surface area contributed by atoms with Gasteiger partial charge >= 0.3 is 0 Å². The lowest BCUT2D eigenvalue weighted by molar-refractivity contribution is 0.266. The van der Waals surface area contributed by atoms with Gasteiger partial charge < -0.3 is 5.32 Å². The van der Waals surface area contributed by atoms with Crippen molar-refractivity contribution in [3.05, 3.63) is 0 Å². The second kappa shape index (κ2) is 5.16. The van der Waals surface area contributed by atoms with Crippen molar-refractivity contribution in [1.29, 1.82) is 0 Å². The predicted molar refractivity (Wildman–Crippen MR) is 63.5 cm³/mol. The molecule has 0 spiro atoms. The van der Waals surface area contributed by atoms with E-state index in [-0.39, 0.29) is 0 Å². The van der Waals surface area contributed by atoms with Crippen LogP contribution in [0.25, 0.3) is 0 Å². The first-order chi connectivity index (χ1) is 6.54. The highest BCUT2D eigenvalue weighted by Gasteiger charge is 2.33. The maximum Gasteiger partial charge on any atom is 0.0184 e. The topological polar surface area (TPSA) is 12.0 Å². The van der Waals surface area contributed by atoms with Crippen LogP contribution in [-0.4, -0.2) is 11.6 Å². The minimum atomic E-state index is 0.498. The van der Waals surface area contributed by atoms with E-state index in [1.54, 1.807) is 0 Å². The molecule has 1 fully saturated rings. The van der Waals surface area contributed by atoms with Crippen LogP contribution < -0.4 is 5.32 Å². The van der Waals surface area contributed by atoms with Crippen molar-refractivity contribution < 1.29 is 0 Å². The number of hydrogen-bond donors (Lipinski definition) is 1. The lowest BCUT2D eigenvalue weighted by Crippen LogP contribution is -2.46. The molecule has 0 aromatic rings. The summed E-state index contributed by atoms with van der Waals surface area (Å²) in [5.41, 5.74) is 0.498. The fraction of sp³-hybridized carbons (Fsp3) is 1.00. The van der Waals surface area contributed by atoms with Gasteiger partial charge in [-0.3, -0.25) is 0 Å². The molecule has 0 atom stereocenters. The summed E-state index contributed by atoms with van der Waals surface area (Å²) >= 11 is 0. The van der Waals surface area contributed by atoms with Gasteiger partial charge in [0.05, 0.1) is 0 Å². The smallest absolute Gasteiger partial charge is 0.0184 e. The lowest BCUT2D eigenvalue weighted by Gasteiger charge is -2.33. The van der Waals surface area contributed by atoms with Crippen LogP contribution in [0.15, 0.2) is 0 Å². The Morgan fingerprint density at radius 2 is 1.64 bits per heavy atom. The van der Waals surface area contributed by atoms with E-state index in [1.807, 2.05) is 0 Å². The molecule has 1 saturated carbocycles. The average Bonchev–Trinajstić information content (AvgIpc) is 2.49. The molecule has 0 unspecified atom stereocenters. The van der Waals surface area contributed by atoms with Crippen LogP contribution in [0.5, 0.6) is 0 Å². The fourth-order valence-electron chi connectivity index (χ4n) is 2.70. The number of rotatable bonds is 5. The maximum absolute atomic E-state index is 3.81. The first-order valence-corrected chi connectivity index (χ1v) is 6.32. The van der Waals surface area contributed by atoms with E-state index in [2.05, 4.69) is 33.0 Å². The zero-order valence-corrected chi connectivity index (χ0v) is 10.4. The molecule has 0 amide bonds. The lowest BCUT2D eigenvalue weighted by atomic mass is 9.88. The average molecular weight is 197 g/mol. The summed E-state index contributed by atoms with van der Waals surface area (Å²) in [6, 6.07) is 0.639. The summed E-state index contributed by atoms with van der Waals surface area (Å²) in [4.78, 5) is 0. The Bertz CT molecular complexity index is 155. The second-order valence-corrected chi connectivity index (χ2v) is 5.72. The van der Waals surface area contributed by atoms with Gasteiger partial charge in [-0.1, -0.05) is 40.5 Å². The van der Waals surface area contributed by atoms with Gasteiger partial charge in [-0.05, 0) is 31.6 Å². The summed E-state index contributed by atoms with van der Waals surface area (Å²) < 4.78 is 0. The first kappa shape index (κ1) is 12.0. The molecular weight excluding hydrogens is 170 g/mol. The van der Waals surface area contributed by atoms with E-state index in [0.29, 0.717) is 11.6 Å². The van der Waals surface area contributed by atoms with Crippen molar-refractivity contribution in [3.63, 3.8) is 0 Å². The highest BCUT2D eigenvalue weighted by atomic mass is 15.0. The van der Waals surface area contributed by atoms with Gasteiger partial charge in [0.15, 0.2) is 0 Å². The first-order valence-electron chi connectivity index (χ1n) is 6.32. The van der Waals surface area contributed by atoms with Crippen molar-refractivity contribution in [2.75, 3.05) is 0 Å². The van der Waals surface area contributed by atoms with Crippen LogP contribution in [-0.2, 0) is 0 Å². The zero-order valence-electron chi connectivity index (χ0n) is 10.4. The van der Waals surface area contributed by atoms with Crippen molar-refractivity contribution in [2.24, 2.45) is 5.92 Å².